The zero-order chi connectivity index (χ0) is 36.4. The van der Waals surface area contributed by atoms with E-state index in [1.165, 1.54) is 26.0 Å². The Morgan fingerprint density at radius 2 is 1.34 bits per heavy atom. The average Bonchev–Trinajstić information content (AvgIpc) is 3.00. The quantitative estimate of drug-likeness (QED) is 0.0329. The Hall–Kier alpha value is -0.870. The summed E-state index contributed by atoms with van der Waals surface area (Å²) in [7, 11) is 8.97. The van der Waals surface area contributed by atoms with Gasteiger partial charge in [0.15, 0.2) is 0 Å². The standard InChI is InChI=1S/C17H33NO8S.C14H31N2O5.2CH3/c1-11-15(16(23)17(24-2)13(9-19)26-11)18-8-12(20)10-25-5-3-6-27-7-4-14(21)22;1-9-12(15-6-10(18)7-16(2,3)4)13(19)14(20-5)11(8-17)21-9;;/h11-13,15-20,23H,3-10H2,1-2H3,(H,21,22);9-15,17-19H,6-8H2,1-5H3;2*1H3/q;+1;-1;+1/p-1. The van der Waals surface area contributed by atoms with E-state index in [4.69, 9.17) is 23.7 Å². The number of rotatable bonds is 21. The number of ether oxygens (including phenoxy) is 5. The molecule has 2 aliphatic rings. The summed E-state index contributed by atoms with van der Waals surface area (Å²) in [4.78, 5) is 10.3. The van der Waals surface area contributed by atoms with Gasteiger partial charge in [-0.25, -0.2) is 0 Å². The van der Waals surface area contributed by atoms with Crippen LogP contribution in [0.15, 0.2) is 0 Å². The number of carbonyl (C=O) groups is 1. The minimum Gasteiger partial charge on any atom is -0.550 e. The molecule has 300 valence electrons. The Balaban J connectivity index is 0. The molecule has 2 aliphatic heterocycles. The topological polar surface area (TPSA) is 232 Å². The lowest BCUT2D eigenvalue weighted by Gasteiger charge is -2.43. The zero-order valence-electron chi connectivity index (χ0n) is 31.6. The van der Waals surface area contributed by atoms with Crippen LogP contribution in [-0.4, -0.2) is 207 Å². The predicted octanol–water partition coefficient (Wildman–Crippen LogP) is -3.19. The van der Waals surface area contributed by atoms with Crippen LogP contribution < -0.4 is 15.7 Å². The van der Waals surface area contributed by atoms with Crippen molar-refractivity contribution in [2.75, 3.05) is 92.9 Å². The molecule has 0 spiro atoms. The lowest BCUT2D eigenvalue weighted by molar-refractivity contribution is -0.873. The van der Waals surface area contributed by atoms with Gasteiger partial charge in [-0.1, -0.05) is 0 Å². The lowest BCUT2D eigenvalue weighted by Crippen LogP contribution is -2.64. The van der Waals surface area contributed by atoms with E-state index in [1.807, 2.05) is 28.1 Å². The Kier molecular flexibility index (Phi) is 27.5. The van der Waals surface area contributed by atoms with E-state index >= 15 is 0 Å². The molecule has 8 N–H and O–H groups in total. The van der Waals surface area contributed by atoms with E-state index < -0.39 is 60.8 Å². The van der Waals surface area contributed by atoms with E-state index in [-0.39, 0.29) is 65.9 Å². The SMILES string of the molecule is COC1C(CO)OC(C)C(NCC(O)COCCCSCCC(=O)[O-])C1O.COC1C(CO)OC(C)C(NCC(O)C[N+](C)(C)C)C1O.[CH3+].[CH3-]. The van der Waals surface area contributed by atoms with Crippen LogP contribution in [0, 0.1) is 14.9 Å². The van der Waals surface area contributed by atoms with Gasteiger partial charge in [0.05, 0.1) is 71.4 Å². The van der Waals surface area contributed by atoms with Gasteiger partial charge in [0.2, 0.25) is 0 Å². The smallest absolute Gasteiger partial charge is 0.115 e. The van der Waals surface area contributed by atoms with Crippen LogP contribution in [0.1, 0.15) is 26.7 Å². The number of hydrogen-bond acceptors (Lipinski definition) is 16. The van der Waals surface area contributed by atoms with Gasteiger partial charge < -0.3 is 86.8 Å². The molecular weight excluding hydrogens is 678 g/mol. The largest absolute Gasteiger partial charge is 0.550 e. The van der Waals surface area contributed by atoms with E-state index in [2.05, 4.69) is 10.6 Å². The number of likely N-dealkylation sites (N-methyl/N-ethyl adjacent to an activating group) is 1. The summed E-state index contributed by atoms with van der Waals surface area (Å²) in [6, 6.07) is -0.785. The van der Waals surface area contributed by atoms with E-state index in [0.717, 1.165) is 12.2 Å². The summed E-state index contributed by atoms with van der Waals surface area (Å²) in [5, 5.41) is 76.0. The lowest BCUT2D eigenvalue weighted by atomic mass is 9.93. The fourth-order valence-corrected chi connectivity index (χ4v) is 6.61. The molecule has 0 saturated carbocycles. The van der Waals surface area contributed by atoms with Gasteiger partial charge in [0.1, 0.15) is 49.3 Å². The molecule has 0 aromatic carbocycles. The molecule has 16 nitrogen and oxygen atoms in total. The number of nitrogens with zero attached hydrogens (tertiary/aromatic N) is 1. The predicted molar refractivity (Wildman–Crippen MR) is 190 cm³/mol. The Bertz CT molecular complexity index is 862. The summed E-state index contributed by atoms with van der Waals surface area (Å²) in [6.45, 7) is 5.01. The number of aliphatic carboxylic acids is 1. The molecule has 0 radical (unpaired) electrons. The molecule has 17 heteroatoms. The first-order valence-corrected chi connectivity index (χ1v) is 17.7. The molecule has 2 rings (SSSR count). The van der Waals surface area contributed by atoms with Crippen molar-refractivity contribution in [3.05, 3.63) is 14.9 Å². The van der Waals surface area contributed by atoms with Gasteiger partial charge in [-0.05, 0) is 38.2 Å². The van der Waals surface area contributed by atoms with Crippen LogP contribution >= 0.6 is 11.8 Å². The second-order valence-electron chi connectivity index (χ2n) is 13.3. The number of methoxy groups -OCH3 is 2. The number of aliphatic hydroxyl groups is 6. The summed E-state index contributed by atoms with van der Waals surface area (Å²) in [6.07, 6.45) is -5.09. The summed E-state index contributed by atoms with van der Waals surface area (Å²) in [5.41, 5.74) is 0. The van der Waals surface area contributed by atoms with Gasteiger partial charge >= 0.3 is 0 Å². The first-order valence-electron chi connectivity index (χ1n) is 16.5. The maximum Gasteiger partial charge on any atom is 0.115 e. The molecule has 12 atom stereocenters. The molecule has 0 aliphatic carbocycles. The number of carbonyl (C=O) groups excluding carboxylic acids is 1. The number of carboxylic acids is 1. The van der Waals surface area contributed by atoms with Gasteiger partial charge in [-0.2, -0.15) is 11.8 Å². The van der Waals surface area contributed by atoms with Crippen molar-refractivity contribution in [1.29, 1.82) is 0 Å². The Labute approximate surface area is 304 Å². The van der Waals surface area contributed by atoms with Crippen molar-refractivity contribution >= 4 is 17.7 Å². The highest BCUT2D eigenvalue weighted by Crippen LogP contribution is 2.24. The first kappa shape index (κ1) is 51.2. The van der Waals surface area contributed by atoms with Gasteiger partial charge in [0.25, 0.3) is 0 Å². The number of hydrogen-bond donors (Lipinski definition) is 8. The van der Waals surface area contributed by atoms with Crippen LogP contribution in [0.4, 0.5) is 0 Å². The monoisotopic (exact) mass is 747 g/mol. The molecule has 2 fully saturated rings. The normalized spacial score (nSPS) is 31.0. The van der Waals surface area contributed by atoms with Crippen molar-refractivity contribution in [3.63, 3.8) is 0 Å². The molecular formula is C33H69N3O13S. The van der Waals surface area contributed by atoms with Gasteiger partial charge in [-0.3, -0.25) is 0 Å². The summed E-state index contributed by atoms with van der Waals surface area (Å²) in [5.74, 6) is 0.272. The van der Waals surface area contributed by atoms with Crippen LogP contribution in [0.5, 0.6) is 0 Å². The number of thioether (sulfide) groups is 1. The Morgan fingerprint density at radius 3 is 1.74 bits per heavy atom. The Morgan fingerprint density at radius 1 is 0.880 bits per heavy atom. The number of nitrogens with one attached hydrogen (secondary N) is 2. The van der Waals surface area contributed by atoms with Crippen LogP contribution in [0.25, 0.3) is 0 Å². The zero-order valence-corrected chi connectivity index (χ0v) is 32.4. The van der Waals surface area contributed by atoms with Crippen molar-refractivity contribution < 1.29 is 68.7 Å². The summed E-state index contributed by atoms with van der Waals surface area (Å²) < 4.78 is 27.9. The van der Waals surface area contributed by atoms with Crippen LogP contribution in [0.2, 0.25) is 0 Å². The third-order valence-corrected chi connectivity index (χ3v) is 9.18. The van der Waals surface area contributed by atoms with Crippen molar-refractivity contribution in [1.82, 2.24) is 10.6 Å². The van der Waals surface area contributed by atoms with Gasteiger partial charge in [0, 0.05) is 47.3 Å². The molecule has 50 heavy (non-hydrogen) atoms. The highest BCUT2D eigenvalue weighted by Gasteiger charge is 2.44. The molecule has 0 aromatic heterocycles. The van der Waals surface area contributed by atoms with Crippen molar-refractivity contribution in [3.8, 4) is 0 Å². The fourth-order valence-electron chi connectivity index (χ4n) is 5.77. The fraction of sp³-hybridized carbons (Fsp3) is 0.909. The van der Waals surface area contributed by atoms with E-state index in [9.17, 15) is 40.5 Å². The maximum absolute atomic E-state index is 10.4. The molecule has 2 saturated heterocycles. The third kappa shape index (κ3) is 18.8. The minimum atomic E-state index is -1.04. The molecule has 0 amide bonds. The maximum atomic E-state index is 10.4. The van der Waals surface area contributed by atoms with Crippen molar-refractivity contribution in [2.45, 2.75) is 99.8 Å². The molecule has 0 aromatic rings. The molecule has 12 unspecified atom stereocenters. The first-order chi connectivity index (χ1) is 22.6. The molecule has 2 heterocycles. The molecule has 0 bridgehead atoms. The summed E-state index contributed by atoms with van der Waals surface area (Å²) >= 11 is 1.53. The minimum absolute atomic E-state index is 0. The third-order valence-electron chi connectivity index (χ3n) is 8.11. The number of quaternary nitrogens is 1. The second-order valence-corrected chi connectivity index (χ2v) is 14.5. The highest BCUT2D eigenvalue weighted by atomic mass is 32.2. The van der Waals surface area contributed by atoms with Crippen LogP contribution in [-0.2, 0) is 28.5 Å². The van der Waals surface area contributed by atoms with Crippen LogP contribution in [0.3, 0.4) is 0 Å². The number of aliphatic hydroxyl groups excluding tert-OH is 6. The average molecular weight is 748 g/mol. The second kappa shape index (κ2) is 26.8. The highest BCUT2D eigenvalue weighted by molar-refractivity contribution is 7.99. The van der Waals surface area contributed by atoms with E-state index in [0.29, 0.717) is 29.9 Å². The van der Waals surface area contributed by atoms with Gasteiger partial charge in [-0.15, -0.1) is 0 Å². The number of carboxylic acid groups (broad SMARTS) is 1. The van der Waals surface area contributed by atoms with E-state index in [1.54, 1.807) is 6.92 Å². The van der Waals surface area contributed by atoms with Crippen molar-refractivity contribution in [2.24, 2.45) is 0 Å².